The second kappa shape index (κ2) is 7.18. The van der Waals surface area contributed by atoms with Gasteiger partial charge in [-0.25, -0.2) is 0 Å². The van der Waals surface area contributed by atoms with E-state index in [1.165, 1.54) is 31.4 Å². The van der Waals surface area contributed by atoms with Gasteiger partial charge in [0.15, 0.2) is 0 Å². The van der Waals surface area contributed by atoms with E-state index in [0.717, 1.165) is 24.8 Å². The zero-order valence-electron chi connectivity index (χ0n) is 16.0. The monoisotopic (exact) mass is 490 g/mol. The molecule has 4 fully saturated rings. The lowest BCUT2D eigenvalue weighted by Gasteiger charge is -2.57. The van der Waals surface area contributed by atoms with Crippen LogP contribution in [0.25, 0.3) is 0 Å². The van der Waals surface area contributed by atoms with Crippen LogP contribution in [0.2, 0.25) is 0 Å². The summed E-state index contributed by atoms with van der Waals surface area (Å²) in [7, 11) is -6.79. The molecular weight excluding hydrogens is 470 g/mol. The highest BCUT2D eigenvalue weighted by atomic mass is 32.2. The van der Waals surface area contributed by atoms with Gasteiger partial charge in [0.25, 0.3) is 0 Å². The van der Waals surface area contributed by atoms with Gasteiger partial charge in [0.2, 0.25) is 0 Å². The van der Waals surface area contributed by atoms with Crippen LogP contribution in [-0.2, 0) is 15.5 Å². The van der Waals surface area contributed by atoms with E-state index in [-0.39, 0.29) is 11.2 Å². The molecule has 0 atom stereocenters. The topological polar surface area (TPSA) is 63.6 Å². The molecule has 4 aliphatic carbocycles. The van der Waals surface area contributed by atoms with Crippen LogP contribution in [0.1, 0.15) is 44.1 Å². The zero-order valence-corrected chi connectivity index (χ0v) is 17.7. The molecule has 0 saturated heterocycles. The average Bonchev–Trinajstić information content (AvgIpc) is 2.64. The summed E-state index contributed by atoms with van der Waals surface area (Å²) in [5, 5.41) is -12.0. The SMILES string of the molecule is O=S(=O)(O)C(F)(F)C(F)(F)C(F)(F)SOc1ccc(C23CC4CC(CC(C4)C2)C3)cc1. The predicted molar refractivity (Wildman–Crippen MR) is 101 cm³/mol. The highest BCUT2D eigenvalue weighted by molar-refractivity contribution is 7.96. The van der Waals surface area contributed by atoms with Gasteiger partial charge >= 0.3 is 26.5 Å². The van der Waals surface area contributed by atoms with Gasteiger partial charge in [-0.1, -0.05) is 12.1 Å². The fraction of sp³-hybridized carbons (Fsp3) is 0.684. The summed E-state index contributed by atoms with van der Waals surface area (Å²) in [5.41, 5.74) is 1.02. The Morgan fingerprint density at radius 1 is 0.903 bits per heavy atom. The fourth-order valence-corrected chi connectivity index (χ4v) is 6.87. The van der Waals surface area contributed by atoms with Crippen molar-refractivity contribution in [1.82, 2.24) is 0 Å². The van der Waals surface area contributed by atoms with E-state index < -0.39 is 38.6 Å². The van der Waals surface area contributed by atoms with Crippen LogP contribution in [0, 0.1) is 17.8 Å². The first-order chi connectivity index (χ1) is 14.2. The van der Waals surface area contributed by atoms with Gasteiger partial charge in [-0.3, -0.25) is 4.55 Å². The molecule has 0 spiro atoms. The minimum atomic E-state index is -6.79. The summed E-state index contributed by atoms with van der Waals surface area (Å²) in [6.45, 7) is 0. The fourth-order valence-electron chi connectivity index (χ4n) is 5.81. The molecule has 0 aromatic heterocycles. The smallest absolute Gasteiger partial charge is 0.419 e. The summed E-state index contributed by atoms with van der Waals surface area (Å²) >= 11 is -1.29. The van der Waals surface area contributed by atoms with Crippen molar-refractivity contribution < 1.29 is 43.5 Å². The van der Waals surface area contributed by atoms with Crippen molar-refractivity contribution in [2.45, 2.75) is 60.4 Å². The molecule has 174 valence electrons. The van der Waals surface area contributed by atoms with Gasteiger partial charge in [-0.15, -0.1) is 0 Å². The molecule has 5 rings (SSSR count). The molecule has 0 amide bonds. The molecule has 31 heavy (non-hydrogen) atoms. The molecule has 1 N–H and O–H groups in total. The highest BCUT2D eigenvalue weighted by Crippen LogP contribution is 2.61. The maximum Gasteiger partial charge on any atom is 0.439 e. The molecular formula is C19H20F6O4S2. The molecule has 1 aromatic carbocycles. The van der Waals surface area contributed by atoms with Gasteiger partial charge in [-0.2, -0.15) is 34.8 Å². The second-order valence-electron chi connectivity index (χ2n) is 8.97. The Labute approximate surface area is 179 Å². The lowest BCUT2D eigenvalue weighted by Crippen LogP contribution is -2.56. The van der Waals surface area contributed by atoms with E-state index in [1.807, 2.05) is 0 Å². The Hall–Kier alpha value is -1.14. The second-order valence-corrected chi connectivity index (χ2v) is 11.3. The third-order valence-electron chi connectivity index (χ3n) is 6.80. The Balaban J connectivity index is 1.46. The number of halogens is 6. The van der Waals surface area contributed by atoms with Crippen LogP contribution in [0.4, 0.5) is 26.3 Å². The zero-order chi connectivity index (χ0) is 22.9. The summed E-state index contributed by atoms with van der Waals surface area (Å²) in [6, 6.07) is 5.95. The standard InChI is InChI=1S/C19H20F6O4S2/c20-17(21,19(24,25)31(26,27)28)18(22,23)30-29-15-3-1-14(2-4-15)16-8-11-5-12(9-16)7-13(6-11)10-16/h1-4,11-13H,5-10H2,(H,26,27,28). The summed E-state index contributed by atoms with van der Waals surface area (Å²) in [6.07, 6.45) is 6.83. The van der Waals surface area contributed by atoms with Crippen LogP contribution in [0.3, 0.4) is 0 Å². The van der Waals surface area contributed by atoms with Gasteiger partial charge in [-0.05, 0) is 79.4 Å². The van der Waals surface area contributed by atoms with Crippen LogP contribution in [0.5, 0.6) is 5.75 Å². The van der Waals surface area contributed by atoms with Crippen molar-refractivity contribution in [2.75, 3.05) is 0 Å². The molecule has 4 aliphatic rings. The Morgan fingerprint density at radius 2 is 1.35 bits per heavy atom. The summed E-state index contributed by atoms with van der Waals surface area (Å²) < 4.78 is 115. The summed E-state index contributed by atoms with van der Waals surface area (Å²) in [5.74, 6) is -4.68. The minimum Gasteiger partial charge on any atom is -0.419 e. The Kier molecular flexibility index (Phi) is 5.33. The first-order valence-electron chi connectivity index (χ1n) is 9.74. The number of hydrogen-bond donors (Lipinski definition) is 1. The molecule has 0 aliphatic heterocycles. The highest BCUT2D eigenvalue weighted by Gasteiger charge is 2.78. The molecule has 4 nitrogen and oxygen atoms in total. The minimum absolute atomic E-state index is 0.00886. The first-order valence-corrected chi connectivity index (χ1v) is 11.9. The van der Waals surface area contributed by atoms with Gasteiger partial charge in [0, 0.05) is 0 Å². The normalized spacial score (nSPS) is 31.1. The first kappa shape index (κ1) is 23.0. The molecule has 0 radical (unpaired) electrons. The average molecular weight is 490 g/mol. The lowest BCUT2D eigenvalue weighted by atomic mass is 9.48. The van der Waals surface area contributed by atoms with Crippen molar-refractivity contribution in [2.24, 2.45) is 17.8 Å². The quantitative estimate of drug-likeness (QED) is 0.293. The molecule has 0 heterocycles. The van der Waals surface area contributed by atoms with E-state index in [1.54, 1.807) is 12.1 Å². The summed E-state index contributed by atoms with van der Waals surface area (Å²) in [4.78, 5) is 0. The third kappa shape index (κ3) is 3.72. The largest absolute Gasteiger partial charge is 0.439 e. The van der Waals surface area contributed by atoms with Gasteiger partial charge in [0.05, 0.1) is 0 Å². The van der Waals surface area contributed by atoms with E-state index in [9.17, 15) is 34.8 Å². The van der Waals surface area contributed by atoms with Crippen molar-refractivity contribution in [1.29, 1.82) is 0 Å². The maximum absolute atomic E-state index is 13.7. The van der Waals surface area contributed by atoms with Crippen molar-refractivity contribution in [3.8, 4) is 5.75 Å². The molecule has 4 bridgehead atoms. The number of rotatable bonds is 7. The van der Waals surface area contributed by atoms with E-state index in [4.69, 9.17) is 4.55 Å². The number of benzene rings is 1. The van der Waals surface area contributed by atoms with Crippen molar-refractivity contribution in [3.63, 3.8) is 0 Å². The third-order valence-corrected chi connectivity index (χ3v) is 8.45. The maximum atomic E-state index is 13.7. The van der Waals surface area contributed by atoms with E-state index >= 15 is 0 Å². The Morgan fingerprint density at radius 3 is 1.77 bits per heavy atom. The number of hydrogen-bond acceptors (Lipinski definition) is 4. The number of alkyl halides is 6. The van der Waals surface area contributed by atoms with Crippen LogP contribution < -0.4 is 4.18 Å². The van der Waals surface area contributed by atoms with E-state index in [0.29, 0.717) is 17.8 Å². The van der Waals surface area contributed by atoms with Crippen molar-refractivity contribution >= 4 is 22.2 Å². The van der Waals surface area contributed by atoms with E-state index in [2.05, 4.69) is 4.18 Å². The molecule has 4 saturated carbocycles. The van der Waals surface area contributed by atoms with Crippen LogP contribution in [0.15, 0.2) is 24.3 Å². The van der Waals surface area contributed by atoms with Crippen LogP contribution in [-0.4, -0.2) is 29.4 Å². The molecule has 1 aromatic rings. The molecule has 12 heteroatoms. The van der Waals surface area contributed by atoms with Crippen LogP contribution >= 0.6 is 12.0 Å². The van der Waals surface area contributed by atoms with Gasteiger partial charge in [0.1, 0.15) is 17.8 Å². The molecule has 0 unspecified atom stereocenters. The lowest BCUT2D eigenvalue weighted by molar-refractivity contribution is -0.243. The van der Waals surface area contributed by atoms with Gasteiger partial charge < -0.3 is 4.18 Å². The Bertz CT molecular complexity index is 913. The van der Waals surface area contributed by atoms with Crippen molar-refractivity contribution in [3.05, 3.63) is 29.8 Å². The predicted octanol–water partition coefficient (Wildman–Crippen LogP) is 5.89.